The Hall–Kier alpha value is -4.06. The first kappa shape index (κ1) is 28.9. The van der Waals surface area contributed by atoms with Crippen LogP contribution in [0, 0.1) is 0 Å². The van der Waals surface area contributed by atoms with Gasteiger partial charge in [-0.15, -0.1) is 0 Å². The number of imidazole rings is 1. The molecule has 12 heteroatoms. The maximum atomic E-state index is 13.2. The van der Waals surface area contributed by atoms with Gasteiger partial charge < -0.3 is 29.0 Å². The fourth-order valence-electron chi connectivity index (χ4n) is 4.41. The van der Waals surface area contributed by atoms with Crippen LogP contribution in [-0.2, 0) is 25.5 Å². The number of fused-ring (bicyclic) bond motifs is 1. The molecule has 0 aliphatic carbocycles. The van der Waals surface area contributed by atoms with Crippen LogP contribution in [0.5, 0.6) is 0 Å². The van der Waals surface area contributed by atoms with Crippen molar-refractivity contribution in [3.05, 3.63) is 48.5 Å². The van der Waals surface area contributed by atoms with Crippen molar-refractivity contribution in [3.63, 3.8) is 0 Å². The van der Waals surface area contributed by atoms with Gasteiger partial charge in [0.2, 0.25) is 0 Å². The number of nitrogens with one attached hydrogen (secondary N) is 1. The normalized spacial score (nSPS) is 17.6. The summed E-state index contributed by atoms with van der Waals surface area (Å²) in [6.07, 6.45) is 2.48. The fourth-order valence-corrected chi connectivity index (χ4v) is 4.41. The quantitative estimate of drug-likeness (QED) is 0.434. The molecule has 214 valence electrons. The average molecular weight is 553 g/mol. The number of esters is 1. The van der Waals surface area contributed by atoms with E-state index in [1.54, 1.807) is 81.6 Å². The molecule has 1 fully saturated rings. The van der Waals surface area contributed by atoms with E-state index in [1.807, 2.05) is 6.07 Å². The molecule has 40 heavy (non-hydrogen) atoms. The van der Waals surface area contributed by atoms with Crippen molar-refractivity contribution in [2.75, 3.05) is 18.5 Å². The highest BCUT2D eigenvalue weighted by molar-refractivity contribution is 6.06. The van der Waals surface area contributed by atoms with E-state index in [2.05, 4.69) is 20.3 Å². The lowest BCUT2D eigenvalue weighted by atomic mass is 10.2. The monoisotopic (exact) mass is 552 g/mol. The van der Waals surface area contributed by atoms with Gasteiger partial charge in [0.05, 0.1) is 25.0 Å². The maximum Gasteiger partial charge on any atom is 0.410 e. The lowest BCUT2D eigenvalue weighted by molar-refractivity contribution is -0.162. The van der Waals surface area contributed by atoms with Crippen LogP contribution in [0.4, 0.5) is 10.6 Å². The van der Waals surface area contributed by atoms with Gasteiger partial charge in [-0.05, 0) is 60.1 Å². The smallest absolute Gasteiger partial charge is 0.410 e. The Balaban J connectivity index is 1.55. The second-order valence-electron chi connectivity index (χ2n) is 11.7. The van der Waals surface area contributed by atoms with Gasteiger partial charge in [-0.3, -0.25) is 4.79 Å². The highest BCUT2D eigenvalue weighted by Crippen LogP contribution is 2.27. The summed E-state index contributed by atoms with van der Waals surface area (Å²) in [6, 6.07) is 8.45. The number of hydrogen-bond donors (Lipinski definition) is 1. The van der Waals surface area contributed by atoms with Gasteiger partial charge in [0.15, 0.2) is 11.5 Å². The highest BCUT2D eigenvalue weighted by atomic mass is 16.6. The summed E-state index contributed by atoms with van der Waals surface area (Å²) in [5.41, 5.74) is 0.0881. The van der Waals surface area contributed by atoms with E-state index in [0.717, 1.165) is 0 Å². The van der Waals surface area contributed by atoms with Crippen LogP contribution >= 0.6 is 0 Å². The molecule has 0 unspecified atom stereocenters. The predicted octanol–water partition coefficient (Wildman–Crippen LogP) is 3.81. The molecule has 0 spiro atoms. The summed E-state index contributed by atoms with van der Waals surface area (Å²) in [5.74, 6) is -0.493. The molecular weight excluding hydrogens is 516 g/mol. The minimum atomic E-state index is -0.693. The minimum absolute atomic E-state index is 0.228. The maximum absolute atomic E-state index is 13.2. The van der Waals surface area contributed by atoms with Gasteiger partial charge >= 0.3 is 12.1 Å². The Morgan fingerprint density at radius 2 is 1.68 bits per heavy atom. The molecule has 1 aromatic carbocycles. The Morgan fingerprint density at radius 1 is 0.975 bits per heavy atom. The van der Waals surface area contributed by atoms with Crippen LogP contribution in [0.15, 0.2) is 43.0 Å². The number of hydrogen-bond acceptors (Lipinski definition) is 9. The summed E-state index contributed by atoms with van der Waals surface area (Å²) < 4.78 is 18.7. The first-order valence-electron chi connectivity index (χ1n) is 13.1. The van der Waals surface area contributed by atoms with Gasteiger partial charge in [-0.2, -0.15) is 0 Å². The highest BCUT2D eigenvalue weighted by Gasteiger charge is 2.39. The Labute approximate surface area is 233 Å². The van der Waals surface area contributed by atoms with Crippen LogP contribution in [0.3, 0.4) is 0 Å². The number of rotatable bonds is 7. The third kappa shape index (κ3) is 7.53. The Bertz CT molecular complexity index is 1360. The summed E-state index contributed by atoms with van der Waals surface area (Å²) >= 11 is 0. The largest absolute Gasteiger partial charge is 0.458 e. The molecule has 2 amide bonds. The number of ether oxygens (including phenoxy) is 3. The Kier molecular flexibility index (Phi) is 8.38. The molecule has 0 radical (unpaired) electrons. The van der Waals surface area contributed by atoms with Crippen LogP contribution in [0.1, 0.15) is 58.3 Å². The van der Waals surface area contributed by atoms with Crippen molar-refractivity contribution >= 4 is 35.0 Å². The number of amides is 2. The molecule has 3 aromatic rings. The summed E-state index contributed by atoms with van der Waals surface area (Å²) in [7, 11) is 0. The summed E-state index contributed by atoms with van der Waals surface area (Å²) in [5, 5.41) is 2.85. The van der Waals surface area contributed by atoms with Crippen molar-refractivity contribution in [2.24, 2.45) is 0 Å². The molecule has 12 nitrogen and oxygen atoms in total. The molecule has 1 aliphatic rings. The first-order valence-corrected chi connectivity index (χ1v) is 13.1. The van der Waals surface area contributed by atoms with Crippen molar-refractivity contribution in [3.8, 4) is 0 Å². The molecular formula is C28H36N6O6. The number of benzene rings is 1. The van der Waals surface area contributed by atoms with E-state index in [9.17, 15) is 14.4 Å². The number of likely N-dealkylation sites (tertiary alicyclic amines) is 1. The lowest BCUT2D eigenvalue weighted by Crippen LogP contribution is -2.41. The summed E-state index contributed by atoms with van der Waals surface area (Å²) in [4.78, 5) is 52.7. The molecule has 3 heterocycles. The van der Waals surface area contributed by atoms with Gasteiger partial charge in [-0.1, -0.05) is 18.2 Å². The molecule has 1 saturated heterocycles. The third-order valence-electron chi connectivity index (χ3n) is 5.95. The molecule has 1 aliphatic heterocycles. The molecule has 0 saturated carbocycles. The molecule has 2 atom stereocenters. The van der Waals surface area contributed by atoms with Crippen LogP contribution in [0.2, 0.25) is 0 Å². The second kappa shape index (κ2) is 11.6. The Morgan fingerprint density at radius 3 is 2.35 bits per heavy atom. The average Bonchev–Trinajstić information content (AvgIpc) is 3.46. The molecule has 2 aromatic heterocycles. The van der Waals surface area contributed by atoms with Gasteiger partial charge in [0.25, 0.3) is 5.91 Å². The number of anilines is 1. The minimum Gasteiger partial charge on any atom is -0.458 e. The first-order chi connectivity index (χ1) is 18.8. The molecule has 4 rings (SSSR count). The van der Waals surface area contributed by atoms with Crippen molar-refractivity contribution in [2.45, 2.75) is 77.9 Å². The van der Waals surface area contributed by atoms with Gasteiger partial charge in [0.1, 0.15) is 29.7 Å². The second-order valence-corrected chi connectivity index (χ2v) is 11.7. The van der Waals surface area contributed by atoms with Crippen LogP contribution in [0.25, 0.3) is 11.2 Å². The number of carbonyl (C=O) groups is 3. The van der Waals surface area contributed by atoms with Crippen molar-refractivity contribution < 1.29 is 28.6 Å². The topological polar surface area (TPSA) is 138 Å². The SMILES string of the molecule is CC(C)(C)OC(=O)CO[C@H]1C[C@@H](Cn2cnc3ncnc(NC(=O)c4ccccc4)c32)N(C(=O)OC(C)(C)C)C1. The van der Waals surface area contributed by atoms with Crippen LogP contribution in [-0.4, -0.2) is 78.9 Å². The van der Waals surface area contributed by atoms with Crippen molar-refractivity contribution in [1.82, 2.24) is 24.4 Å². The number of aromatic nitrogens is 4. The van der Waals surface area contributed by atoms with E-state index in [1.165, 1.54) is 6.33 Å². The number of carbonyl (C=O) groups excluding carboxylic acids is 3. The zero-order chi connectivity index (χ0) is 29.1. The fraction of sp³-hybridized carbons (Fsp3) is 0.500. The lowest BCUT2D eigenvalue weighted by Gasteiger charge is -2.28. The van der Waals surface area contributed by atoms with Crippen molar-refractivity contribution in [1.29, 1.82) is 0 Å². The van der Waals surface area contributed by atoms with Gasteiger partial charge in [0, 0.05) is 12.1 Å². The van der Waals surface area contributed by atoms with E-state index >= 15 is 0 Å². The zero-order valence-electron chi connectivity index (χ0n) is 23.7. The van der Waals surface area contributed by atoms with Crippen LogP contribution < -0.4 is 5.32 Å². The molecule has 1 N–H and O–H groups in total. The summed E-state index contributed by atoms with van der Waals surface area (Å²) in [6.45, 7) is 11.1. The third-order valence-corrected chi connectivity index (χ3v) is 5.95. The molecule has 0 bridgehead atoms. The predicted molar refractivity (Wildman–Crippen MR) is 147 cm³/mol. The van der Waals surface area contributed by atoms with E-state index in [4.69, 9.17) is 14.2 Å². The van der Waals surface area contributed by atoms with E-state index in [0.29, 0.717) is 35.5 Å². The van der Waals surface area contributed by atoms with Gasteiger partial charge in [-0.25, -0.2) is 24.5 Å². The zero-order valence-corrected chi connectivity index (χ0v) is 23.7. The van der Waals surface area contributed by atoms with E-state index < -0.39 is 29.4 Å². The standard InChI is InChI=1S/C28H36N6O6/c1-27(2,3)39-21(35)15-38-20-12-19(34(14-20)26(37)40-28(4,5)6)13-33-17-31-23-22(33)24(30-16-29-23)32-25(36)18-10-8-7-9-11-18/h7-11,16-17,19-20H,12-15H2,1-6H3,(H,29,30,32,36)/t19-,20-/m0/s1. The number of nitrogens with zero attached hydrogens (tertiary/aromatic N) is 5. The van der Waals surface area contributed by atoms with E-state index in [-0.39, 0.29) is 25.1 Å².